The van der Waals surface area contributed by atoms with Crippen LogP contribution >= 0.6 is 0 Å². The van der Waals surface area contributed by atoms with Gasteiger partial charge in [0.2, 0.25) is 0 Å². The van der Waals surface area contributed by atoms with Crippen molar-refractivity contribution in [3.8, 4) is 0 Å². The Kier molecular flexibility index (Phi) is 9.02. The number of unbranched alkanes of at least 4 members (excludes halogenated alkanes) is 4. The predicted octanol–water partition coefficient (Wildman–Crippen LogP) is 3.59. The van der Waals surface area contributed by atoms with Crippen molar-refractivity contribution in [2.75, 3.05) is 6.61 Å². The fraction of sp³-hybridized carbons (Fsp3) is 0.909. The maximum absolute atomic E-state index is 5.34. The normalized spacial score (nSPS) is 13.2. The molecule has 12 heavy (non-hydrogen) atoms. The molecule has 1 heteroatoms. The molecule has 0 aliphatic carbocycles. The van der Waals surface area contributed by atoms with Crippen LogP contribution in [0.5, 0.6) is 0 Å². The van der Waals surface area contributed by atoms with Gasteiger partial charge >= 0.3 is 0 Å². The number of hydrogen-bond donors (Lipinski definition) is 0. The lowest BCUT2D eigenvalue weighted by atomic mass is 10.1. The molecule has 0 aromatic rings. The lowest BCUT2D eigenvalue weighted by Gasteiger charge is -2.10. The molecule has 0 aliphatic heterocycles. The molecule has 1 nitrogen and oxygen atoms in total. The molecular formula is C11H23O. The molecule has 0 bridgehead atoms. The largest absolute Gasteiger partial charge is 0.379 e. The first kappa shape index (κ1) is 12.0. The van der Waals surface area contributed by atoms with Gasteiger partial charge in [0, 0.05) is 6.61 Å². The molecule has 0 saturated carbocycles. The van der Waals surface area contributed by atoms with Crippen LogP contribution < -0.4 is 0 Å². The van der Waals surface area contributed by atoms with Crippen molar-refractivity contribution in [1.29, 1.82) is 0 Å². The second-order valence-corrected chi connectivity index (χ2v) is 3.28. The molecule has 0 amide bonds. The summed E-state index contributed by atoms with van der Waals surface area (Å²) in [6.45, 7) is 8.98. The van der Waals surface area contributed by atoms with E-state index in [-0.39, 0.29) is 6.10 Å². The van der Waals surface area contributed by atoms with Crippen LogP contribution in [0.1, 0.15) is 52.4 Å². The van der Waals surface area contributed by atoms with E-state index in [2.05, 4.69) is 13.8 Å². The molecule has 0 rings (SSSR count). The number of hydrogen-bond acceptors (Lipinski definition) is 1. The highest BCUT2D eigenvalue weighted by Crippen LogP contribution is 2.08. The summed E-state index contributed by atoms with van der Waals surface area (Å²) in [7, 11) is 0. The highest BCUT2D eigenvalue weighted by molar-refractivity contribution is 4.59. The van der Waals surface area contributed by atoms with Crippen LogP contribution in [0.2, 0.25) is 0 Å². The van der Waals surface area contributed by atoms with Crippen LogP contribution in [0.3, 0.4) is 0 Å². The highest BCUT2D eigenvalue weighted by atomic mass is 16.5. The Bertz CT molecular complexity index is 81.1. The SMILES string of the molecule is [CH2]C(CCCCCCC)OCC. The molecular weight excluding hydrogens is 148 g/mol. The number of rotatable bonds is 8. The zero-order valence-electron chi connectivity index (χ0n) is 8.64. The van der Waals surface area contributed by atoms with Gasteiger partial charge in [0.15, 0.2) is 0 Å². The Balaban J connectivity index is 2.97. The van der Waals surface area contributed by atoms with Crippen LogP contribution in [-0.2, 0) is 4.74 Å². The van der Waals surface area contributed by atoms with E-state index in [1.807, 2.05) is 6.92 Å². The highest BCUT2D eigenvalue weighted by Gasteiger charge is 1.99. The lowest BCUT2D eigenvalue weighted by Crippen LogP contribution is -2.07. The zero-order valence-corrected chi connectivity index (χ0v) is 8.64. The van der Waals surface area contributed by atoms with Gasteiger partial charge < -0.3 is 4.74 Å². The summed E-state index contributed by atoms with van der Waals surface area (Å²) in [6, 6.07) is 0. The van der Waals surface area contributed by atoms with Crippen LogP contribution in [0, 0.1) is 6.92 Å². The zero-order chi connectivity index (χ0) is 9.23. The van der Waals surface area contributed by atoms with Gasteiger partial charge in [-0.2, -0.15) is 0 Å². The second-order valence-electron chi connectivity index (χ2n) is 3.28. The third kappa shape index (κ3) is 8.06. The topological polar surface area (TPSA) is 9.23 Å². The molecule has 1 radical (unpaired) electrons. The van der Waals surface area contributed by atoms with Gasteiger partial charge in [-0.25, -0.2) is 0 Å². The Hall–Kier alpha value is -0.0400. The molecule has 73 valence electrons. The van der Waals surface area contributed by atoms with Crippen LogP contribution in [0.15, 0.2) is 0 Å². The van der Waals surface area contributed by atoms with E-state index >= 15 is 0 Å². The maximum Gasteiger partial charge on any atom is 0.0576 e. The van der Waals surface area contributed by atoms with Gasteiger partial charge in [-0.1, -0.05) is 39.0 Å². The molecule has 0 aromatic carbocycles. The summed E-state index contributed by atoms with van der Waals surface area (Å²) >= 11 is 0. The third-order valence-electron chi connectivity index (χ3n) is 2.03. The van der Waals surface area contributed by atoms with Crippen molar-refractivity contribution < 1.29 is 4.74 Å². The van der Waals surface area contributed by atoms with Gasteiger partial charge in [0.1, 0.15) is 0 Å². The molecule has 0 fully saturated rings. The summed E-state index contributed by atoms with van der Waals surface area (Å²) in [5, 5.41) is 0. The monoisotopic (exact) mass is 171 g/mol. The predicted molar refractivity (Wildman–Crippen MR) is 54.1 cm³/mol. The minimum Gasteiger partial charge on any atom is -0.379 e. The average Bonchev–Trinajstić information content (AvgIpc) is 2.05. The second kappa shape index (κ2) is 9.05. The van der Waals surface area contributed by atoms with Gasteiger partial charge in [-0.05, 0) is 20.3 Å². The van der Waals surface area contributed by atoms with Gasteiger partial charge in [0.05, 0.1) is 6.10 Å². The van der Waals surface area contributed by atoms with E-state index in [1.54, 1.807) is 0 Å². The minimum atomic E-state index is 0.219. The van der Waals surface area contributed by atoms with Crippen molar-refractivity contribution in [2.45, 2.75) is 58.5 Å². The Morgan fingerprint density at radius 3 is 2.33 bits per heavy atom. The summed E-state index contributed by atoms with van der Waals surface area (Å²) in [5.41, 5.74) is 0. The Morgan fingerprint density at radius 2 is 1.75 bits per heavy atom. The summed E-state index contributed by atoms with van der Waals surface area (Å²) in [5.74, 6) is 0. The standard InChI is InChI=1S/C11H23O/c1-4-6-7-8-9-10-11(3)12-5-2/h11H,3-10H2,1-2H3. The van der Waals surface area contributed by atoms with E-state index in [9.17, 15) is 0 Å². The van der Waals surface area contributed by atoms with Gasteiger partial charge in [0.25, 0.3) is 0 Å². The Morgan fingerprint density at radius 1 is 1.08 bits per heavy atom. The van der Waals surface area contributed by atoms with Crippen molar-refractivity contribution in [1.82, 2.24) is 0 Å². The third-order valence-corrected chi connectivity index (χ3v) is 2.03. The Labute approximate surface area is 77.5 Å². The smallest absolute Gasteiger partial charge is 0.0576 e. The van der Waals surface area contributed by atoms with Crippen molar-refractivity contribution in [2.24, 2.45) is 0 Å². The first-order valence-electron chi connectivity index (χ1n) is 5.26. The lowest BCUT2D eigenvalue weighted by molar-refractivity contribution is 0.0863. The summed E-state index contributed by atoms with van der Waals surface area (Å²) < 4.78 is 5.34. The molecule has 0 saturated heterocycles. The van der Waals surface area contributed by atoms with Crippen molar-refractivity contribution >= 4 is 0 Å². The van der Waals surface area contributed by atoms with E-state index in [4.69, 9.17) is 4.74 Å². The number of ether oxygens (including phenoxy) is 1. The van der Waals surface area contributed by atoms with Crippen molar-refractivity contribution in [3.63, 3.8) is 0 Å². The molecule has 0 heterocycles. The molecule has 0 spiro atoms. The molecule has 0 aromatic heterocycles. The van der Waals surface area contributed by atoms with Gasteiger partial charge in [-0.15, -0.1) is 0 Å². The van der Waals surface area contributed by atoms with E-state index in [1.165, 1.54) is 32.1 Å². The minimum absolute atomic E-state index is 0.219. The van der Waals surface area contributed by atoms with E-state index < -0.39 is 0 Å². The molecule has 0 N–H and O–H groups in total. The van der Waals surface area contributed by atoms with Crippen LogP contribution in [0.25, 0.3) is 0 Å². The van der Waals surface area contributed by atoms with Gasteiger partial charge in [-0.3, -0.25) is 0 Å². The first-order valence-corrected chi connectivity index (χ1v) is 5.26. The summed E-state index contributed by atoms with van der Waals surface area (Å²) in [6.07, 6.45) is 8.01. The maximum atomic E-state index is 5.34. The first-order chi connectivity index (χ1) is 5.81. The fourth-order valence-electron chi connectivity index (χ4n) is 1.29. The van der Waals surface area contributed by atoms with E-state index in [0.29, 0.717) is 0 Å². The average molecular weight is 171 g/mol. The molecule has 1 unspecified atom stereocenters. The quantitative estimate of drug-likeness (QED) is 0.507. The van der Waals surface area contributed by atoms with E-state index in [0.717, 1.165) is 13.0 Å². The fourth-order valence-corrected chi connectivity index (χ4v) is 1.29. The van der Waals surface area contributed by atoms with Crippen LogP contribution in [0.4, 0.5) is 0 Å². The molecule has 1 atom stereocenters. The van der Waals surface area contributed by atoms with Crippen molar-refractivity contribution in [3.05, 3.63) is 6.92 Å². The molecule has 0 aliphatic rings. The van der Waals surface area contributed by atoms with Crippen LogP contribution in [-0.4, -0.2) is 12.7 Å². The summed E-state index contributed by atoms with van der Waals surface area (Å²) in [4.78, 5) is 0.